The maximum atomic E-state index is 11.5. The van der Waals surface area contributed by atoms with Crippen LogP contribution in [0.1, 0.15) is 16.6 Å². The minimum Gasteiger partial charge on any atom is -0.549 e. The summed E-state index contributed by atoms with van der Waals surface area (Å²) in [7, 11) is 0. The quantitative estimate of drug-likeness (QED) is 0.514. The molecular weight excluding hydrogens is 204 g/mol. The number of Topliss-reactive ketones (excluding diaryl/α,β-unsaturated/α-hetero) is 2. The lowest BCUT2D eigenvalue weighted by Crippen LogP contribution is -2.40. The number of carboxylic acids is 1. The van der Waals surface area contributed by atoms with Crippen LogP contribution in [0.15, 0.2) is 17.5 Å². The maximum absolute atomic E-state index is 11.5. The number of thiophene rings is 1. The first-order valence-electron chi connectivity index (χ1n) is 3.83. The molecule has 1 aromatic rings. The Hall–Kier alpha value is -1.49. The van der Waals surface area contributed by atoms with Gasteiger partial charge in [0.05, 0.1) is 10.8 Å². The van der Waals surface area contributed by atoms with Crippen molar-refractivity contribution in [3.05, 3.63) is 22.4 Å². The third-order valence-corrected chi connectivity index (χ3v) is 2.55. The Morgan fingerprint density at radius 2 is 2.07 bits per heavy atom. The number of rotatable bonds is 4. The van der Waals surface area contributed by atoms with Gasteiger partial charge in [0, 0.05) is 0 Å². The van der Waals surface area contributed by atoms with Crippen LogP contribution in [-0.2, 0) is 9.59 Å². The molecule has 0 bridgehead atoms. The summed E-state index contributed by atoms with van der Waals surface area (Å²) >= 11 is 1.10. The first kappa shape index (κ1) is 10.6. The average molecular weight is 211 g/mol. The van der Waals surface area contributed by atoms with E-state index in [1.54, 1.807) is 11.4 Å². The van der Waals surface area contributed by atoms with Crippen molar-refractivity contribution in [1.82, 2.24) is 0 Å². The van der Waals surface area contributed by atoms with Crippen LogP contribution in [0, 0.1) is 5.92 Å². The molecule has 1 atom stereocenters. The fourth-order valence-electron chi connectivity index (χ4n) is 1.02. The molecule has 0 aromatic carbocycles. The Morgan fingerprint density at radius 3 is 2.43 bits per heavy atom. The van der Waals surface area contributed by atoms with Gasteiger partial charge in [0.1, 0.15) is 11.7 Å². The largest absolute Gasteiger partial charge is 0.549 e. The zero-order valence-electron chi connectivity index (χ0n) is 7.35. The molecule has 0 aliphatic rings. The van der Waals surface area contributed by atoms with Gasteiger partial charge in [-0.15, -0.1) is 11.3 Å². The molecule has 1 rings (SSSR count). The lowest BCUT2D eigenvalue weighted by atomic mass is 9.99. The van der Waals surface area contributed by atoms with Gasteiger partial charge in [-0.05, 0) is 18.4 Å². The number of carbonyl (C=O) groups is 3. The lowest BCUT2D eigenvalue weighted by molar-refractivity contribution is -0.307. The molecule has 1 heterocycles. The monoisotopic (exact) mass is 211 g/mol. The van der Waals surface area contributed by atoms with E-state index in [9.17, 15) is 19.5 Å². The summed E-state index contributed by atoms with van der Waals surface area (Å²) in [6, 6.07) is 3.09. The maximum Gasteiger partial charge on any atom is 0.188 e. The van der Waals surface area contributed by atoms with Gasteiger partial charge in [-0.25, -0.2) is 0 Å². The smallest absolute Gasteiger partial charge is 0.188 e. The van der Waals surface area contributed by atoms with Gasteiger partial charge in [0.25, 0.3) is 0 Å². The van der Waals surface area contributed by atoms with Crippen LogP contribution in [0.25, 0.3) is 0 Å². The van der Waals surface area contributed by atoms with Crippen molar-refractivity contribution in [2.45, 2.75) is 6.92 Å². The van der Waals surface area contributed by atoms with Gasteiger partial charge in [0.15, 0.2) is 5.78 Å². The summed E-state index contributed by atoms with van der Waals surface area (Å²) in [5, 5.41) is 12.2. The number of aliphatic carboxylic acids is 1. The summed E-state index contributed by atoms with van der Waals surface area (Å²) in [5.74, 6) is -4.72. The minimum absolute atomic E-state index is 0.259. The fraction of sp³-hybridized carbons (Fsp3) is 0.222. The Kier molecular flexibility index (Phi) is 3.14. The van der Waals surface area contributed by atoms with Crippen molar-refractivity contribution in [2.24, 2.45) is 5.92 Å². The zero-order valence-corrected chi connectivity index (χ0v) is 8.17. The van der Waals surface area contributed by atoms with E-state index in [0.717, 1.165) is 18.3 Å². The van der Waals surface area contributed by atoms with Gasteiger partial charge >= 0.3 is 0 Å². The first-order valence-corrected chi connectivity index (χ1v) is 4.71. The molecule has 0 saturated carbocycles. The van der Waals surface area contributed by atoms with Crippen LogP contribution in [-0.4, -0.2) is 17.5 Å². The van der Waals surface area contributed by atoms with E-state index in [-0.39, 0.29) is 4.88 Å². The number of carboxylic acid groups (broad SMARTS) is 1. The van der Waals surface area contributed by atoms with Crippen LogP contribution in [0.3, 0.4) is 0 Å². The van der Waals surface area contributed by atoms with E-state index in [1.807, 2.05) is 0 Å². The van der Waals surface area contributed by atoms with E-state index < -0.39 is 23.5 Å². The summed E-state index contributed by atoms with van der Waals surface area (Å²) in [6.07, 6.45) is 0. The van der Waals surface area contributed by atoms with Crippen molar-refractivity contribution in [3.63, 3.8) is 0 Å². The number of ketones is 2. The van der Waals surface area contributed by atoms with Crippen molar-refractivity contribution in [3.8, 4) is 0 Å². The molecule has 0 aliphatic heterocycles. The molecule has 0 radical (unpaired) electrons. The second-order valence-electron chi connectivity index (χ2n) is 2.70. The summed E-state index contributed by atoms with van der Waals surface area (Å²) in [4.78, 5) is 33.1. The van der Waals surface area contributed by atoms with E-state index in [2.05, 4.69) is 0 Å². The highest BCUT2D eigenvalue weighted by atomic mass is 32.1. The molecule has 0 spiro atoms. The van der Waals surface area contributed by atoms with Crippen LogP contribution in [0.4, 0.5) is 0 Å². The first-order chi connectivity index (χ1) is 6.54. The van der Waals surface area contributed by atoms with Crippen LogP contribution < -0.4 is 5.11 Å². The normalized spacial score (nSPS) is 12.1. The third kappa shape index (κ3) is 2.05. The van der Waals surface area contributed by atoms with Crippen LogP contribution in [0.2, 0.25) is 0 Å². The molecular formula is C9H7O4S-. The van der Waals surface area contributed by atoms with Crippen molar-refractivity contribution >= 4 is 28.9 Å². The SMILES string of the molecule is CC(=O)C(C(=O)[O-])C(=O)c1cccs1. The average Bonchev–Trinajstić information content (AvgIpc) is 2.53. The Labute approximate surface area is 84.2 Å². The van der Waals surface area contributed by atoms with E-state index >= 15 is 0 Å². The van der Waals surface area contributed by atoms with Crippen LogP contribution in [0.5, 0.6) is 0 Å². The topological polar surface area (TPSA) is 74.3 Å². The van der Waals surface area contributed by atoms with Gasteiger partial charge in [0.2, 0.25) is 0 Å². The molecule has 4 nitrogen and oxygen atoms in total. The lowest BCUT2D eigenvalue weighted by Gasteiger charge is -2.11. The number of carbonyl (C=O) groups excluding carboxylic acids is 3. The Morgan fingerprint density at radius 1 is 1.43 bits per heavy atom. The molecule has 0 aliphatic carbocycles. The minimum atomic E-state index is -1.67. The standard InChI is InChI=1S/C9H8O4S/c1-5(10)7(9(12)13)8(11)6-3-2-4-14-6/h2-4,7H,1H3,(H,12,13)/p-1. The number of hydrogen-bond acceptors (Lipinski definition) is 5. The zero-order chi connectivity index (χ0) is 10.7. The molecule has 0 N–H and O–H groups in total. The molecule has 0 amide bonds. The highest BCUT2D eigenvalue weighted by Gasteiger charge is 2.26. The van der Waals surface area contributed by atoms with Crippen LogP contribution >= 0.6 is 11.3 Å². The predicted octanol–water partition coefficient (Wildman–Crippen LogP) is -0.114. The highest BCUT2D eigenvalue weighted by Crippen LogP contribution is 2.15. The Balaban J connectivity index is 2.97. The van der Waals surface area contributed by atoms with Gasteiger partial charge < -0.3 is 9.90 Å². The fourth-order valence-corrected chi connectivity index (χ4v) is 1.71. The molecule has 14 heavy (non-hydrogen) atoms. The summed E-state index contributed by atoms with van der Waals surface area (Å²) in [6.45, 7) is 1.06. The molecule has 0 saturated heterocycles. The second-order valence-corrected chi connectivity index (χ2v) is 3.65. The molecule has 74 valence electrons. The van der Waals surface area contributed by atoms with Gasteiger partial charge in [-0.2, -0.15) is 0 Å². The van der Waals surface area contributed by atoms with Gasteiger partial charge in [-0.3, -0.25) is 9.59 Å². The van der Waals surface area contributed by atoms with E-state index in [4.69, 9.17) is 0 Å². The second kappa shape index (κ2) is 4.15. The van der Waals surface area contributed by atoms with E-state index in [1.165, 1.54) is 6.07 Å². The highest BCUT2D eigenvalue weighted by molar-refractivity contribution is 7.12. The van der Waals surface area contributed by atoms with Crippen molar-refractivity contribution in [1.29, 1.82) is 0 Å². The third-order valence-electron chi connectivity index (χ3n) is 1.67. The molecule has 0 fully saturated rings. The van der Waals surface area contributed by atoms with Crippen molar-refractivity contribution in [2.75, 3.05) is 0 Å². The number of hydrogen-bond donors (Lipinski definition) is 0. The summed E-state index contributed by atoms with van der Waals surface area (Å²) in [5.41, 5.74) is 0. The predicted molar refractivity (Wildman–Crippen MR) is 47.8 cm³/mol. The molecule has 1 aromatic heterocycles. The molecule has 5 heteroatoms. The molecule has 1 unspecified atom stereocenters. The van der Waals surface area contributed by atoms with Gasteiger partial charge in [-0.1, -0.05) is 6.07 Å². The van der Waals surface area contributed by atoms with Crippen molar-refractivity contribution < 1.29 is 19.5 Å². The summed E-state index contributed by atoms with van der Waals surface area (Å²) < 4.78 is 0. The van der Waals surface area contributed by atoms with E-state index in [0.29, 0.717) is 0 Å². The Bertz CT molecular complexity index is 352.